The van der Waals surface area contributed by atoms with E-state index in [1.54, 1.807) is 0 Å². The zero-order valence-corrected chi connectivity index (χ0v) is 11.2. The molecule has 0 saturated heterocycles. The van der Waals surface area contributed by atoms with Crippen molar-refractivity contribution in [2.45, 2.75) is 12.8 Å². The summed E-state index contributed by atoms with van der Waals surface area (Å²) in [7, 11) is 0. The van der Waals surface area contributed by atoms with Crippen LogP contribution < -0.4 is 11.5 Å². The normalized spacial score (nSPS) is 11.1. The summed E-state index contributed by atoms with van der Waals surface area (Å²) in [6, 6.07) is 20.2. The van der Waals surface area contributed by atoms with Crippen LogP contribution in [0.5, 0.6) is 0 Å². The molecule has 0 aliphatic heterocycles. The predicted octanol–water partition coefficient (Wildman–Crippen LogP) is 2.30. The maximum absolute atomic E-state index is 5.35. The van der Waals surface area contributed by atoms with Gasteiger partial charge in [0.25, 0.3) is 0 Å². The number of guanidine groups is 1. The van der Waals surface area contributed by atoms with Crippen molar-refractivity contribution in [2.75, 3.05) is 0 Å². The summed E-state index contributed by atoms with van der Waals surface area (Å²) in [4.78, 5) is 0. The van der Waals surface area contributed by atoms with E-state index in [9.17, 15) is 0 Å². The van der Waals surface area contributed by atoms with Crippen LogP contribution in [0, 0.1) is 0 Å². The van der Waals surface area contributed by atoms with Gasteiger partial charge in [0, 0.05) is 0 Å². The zero-order chi connectivity index (χ0) is 14.2. The van der Waals surface area contributed by atoms with E-state index >= 15 is 0 Å². The summed E-state index contributed by atoms with van der Waals surface area (Å²) in [5.74, 6) is -0.0295. The Morgan fingerprint density at radius 2 is 1.40 bits per heavy atom. The van der Waals surface area contributed by atoms with Crippen molar-refractivity contribution in [2.24, 2.45) is 21.7 Å². The van der Waals surface area contributed by atoms with Crippen LogP contribution in [0.2, 0.25) is 0 Å². The third-order valence-electron chi connectivity index (χ3n) is 2.89. The Morgan fingerprint density at radius 1 is 0.800 bits per heavy atom. The van der Waals surface area contributed by atoms with Gasteiger partial charge in [-0.15, -0.1) is 5.10 Å². The van der Waals surface area contributed by atoms with Crippen molar-refractivity contribution < 1.29 is 0 Å². The van der Waals surface area contributed by atoms with E-state index in [-0.39, 0.29) is 5.96 Å². The highest BCUT2D eigenvalue weighted by Gasteiger charge is 2.04. The van der Waals surface area contributed by atoms with Gasteiger partial charge in [-0.25, -0.2) is 0 Å². The van der Waals surface area contributed by atoms with Crippen LogP contribution in [0.3, 0.4) is 0 Å². The van der Waals surface area contributed by atoms with E-state index in [1.165, 1.54) is 5.56 Å². The number of hydrogen-bond acceptors (Lipinski definition) is 2. The minimum Gasteiger partial charge on any atom is -0.369 e. The van der Waals surface area contributed by atoms with Gasteiger partial charge in [-0.3, -0.25) is 0 Å². The Balaban J connectivity index is 2.16. The fourth-order valence-corrected chi connectivity index (χ4v) is 1.91. The molecular weight excluding hydrogens is 248 g/mol. The smallest absolute Gasteiger partial charge is 0.211 e. The van der Waals surface area contributed by atoms with Gasteiger partial charge in [0.1, 0.15) is 0 Å². The lowest BCUT2D eigenvalue weighted by Crippen LogP contribution is -2.22. The standard InChI is InChI=1S/C16H18N4/c17-16(18)20-19-15(14-9-5-2-6-10-14)12-11-13-7-3-1-4-8-13/h1-10H,11-12H2,(H4,17,18,20)/b19-15+. The molecule has 0 unspecified atom stereocenters. The number of hydrogen-bond donors (Lipinski definition) is 2. The third kappa shape index (κ3) is 4.24. The number of rotatable bonds is 5. The van der Waals surface area contributed by atoms with Crippen molar-refractivity contribution in [1.82, 2.24) is 0 Å². The van der Waals surface area contributed by atoms with E-state index in [4.69, 9.17) is 11.5 Å². The summed E-state index contributed by atoms with van der Waals surface area (Å²) >= 11 is 0. The highest BCUT2D eigenvalue weighted by Crippen LogP contribution is 2.10. The number of nitrogens with zero attached hydrogens (tertiary/aromatic N) is 2. The van der Waals surface area contributed by atoms with Crippen molar-refractivity contribution >= 4 is 11.7 Å². The van der Waals surface area contributed by atoms with E-state index in [2.05, 4.69) is 22.3 Å². The van der Waals surface area contributed by atoms with Crippen LogP contribution >= 0.6 is 0 Å². The number of aryl methyl sites for hydroxylation is 1. The first kappa shape index (κ1) is 13.8. The second kappa shape index (κ2) is 7.09. The lowest BCUT2D eigenvalue weighted by Gasteiger charge is -2.05. The molecule has 4 nitrogen and oxygen atoms in total. The summed E-state index contributed by atoms with van der Waals surface area (Å²) in [6.45, 7) is 0. The van der Waals surface area contributed by atoms with Gasteiger partial charge in [-0.05, 0) is 24.0 Å². The average Bonchev–Trinajstić information content (AvgIpc) is 2.49. The van der Waals surface area contributed by atoms with E-state index in [0.717, 1.165) is 24.1 Å². The zero-order valence-electron chi connectivity index (χ0n) is 11.2. The molecule has 20 heavy (non-hydrogen) atoms. The molecule has 102 valence electrons. The molecule has 0 amide bonds. The fourth-order valence-electron chi connectivity index (χ4n) is 1.91. The first-order valence-electron chi connectivity index (χ1n) is 6.50. The van der Waals surface area contributed by atoms with Crippen LogP contribution in [0.15, 0.2) is 70.9 Å². The maximum atomic E-state index is 5.35. The molecular formula is C16H18N4. The molecule has 2 aromatic carbocycles. The summed E-state index contributed by atoms with van der Waals surface area (Å²) in [5.41, 5.74) is 13.9. The van der Waals surface area contributed by atoms with Crippen LogP contribution in [-0.4, -0.2) is 11.7 Å². The van der Waals surface area contributed by atoms with Gasteiger partial charge >= 0.3 is 0 Å². The quantitative estimate of drug-likeness (QED) is 0.495. The molecule has 0 aliphatic rings. The molecule has 0 aliphatic carbocycles. The Bertz CT molecular complexity index is 584. The second-order valence-corrected chi connectivity index (χ2v) is 4.42. The Kier molecular flexibility index (Phi) is 4.89. The third-order valence-corrected chi connectivity index (χ3v) is 2.89. The molecule has 0 spiro atoms. The number of nitrogens with two attached hydrogens (primary N) is 2. The molecule has 0 radical (unpaired) electrons. The first-order chi connectivity index (χ1) is 9.75. The maximum Gasteiger partial charge on any atom is 0.211 e. The van der Waals surface area contributed by atoms with Crippen LogP contribution in [0.25, 0.3) is 0 Å². The molecule has 0 fully saturated rings. The highest BCUT2D eigenvalue weighted by molar-refractivity contribution is 6.00. The van der Waals surface area contributed by atoms with Gasteiger partial charge in [-0.2, -0.15) is 5.10 Å². The first-order valence-corrected chi connectivity index (χ1v) is 6.50. The van der Waals surface area contributed by atoms with Gasteiger partial charge in [0.2, 0.25) is 5.96 Å². The minimum atomic E-state index is -0.0295. The van der Waals surface area contributed by atoms with Crippen LogP contribution in [0.1, 0.15) is 17.5 Å². The molecule has 0 saturated carbocycles. The summed E-state index contributed by atoms with van der Waals surface area (Å²) in [6.07, 6.45) is 1.68. The van der Waals surface area contributed by atoms with Crippen LogP contribution in [0.4, 0.5) is 0 Å². The molecule has 0 atom stereocenters. The van der Waals surface area contributed by atoms with Crippen molar-refractivity contribution in [3.05, 3.63) is 71.8 Å². The van der Waals surface area contributed by atoms with Gasteiger partial charge in [-0.1, -0.05) is 60.7 Å². The second-order valence-electron chi connectivity index (χ2n) is 4.42. The largest absolute Gasteiger partial charge is 0.369 e. The summed E-state index contributed by atoms with van der Waals surface area (Å²) in [5, 5.41) is 7.94. The van der Waals surface area contributed by atoms with Gasteiger partial charge < -0.3 is 11.5 Å². The fraction of sp³-hybridized carbons (Fsp3) is 0.125. The lowest BCUT2D eigenvalue weighted by molar-refractivity contribution is 1.02. The van der Waals surface area contributed by atoms with Crippen LogP contribution in [-0.2, 0) is 6.42 Å². The van der Waals surface area contributed by atoms with Crippen molar-refractivity contribution in [3.63, 3.8) is 0 Å². The number of benzene rings is 2. The van der Waals surface area contributed by atoms with E-state index in [0.29, 0.717) is 0 Å². The Morgan fingerprint density at radius 3 is 2.00 bits per heavy atom. The Hall–Kier alpha value is -2.62. The minimum absolute atomic E-state index is 0.0295. The molecule has 4 N–H and O–H groups in total. The molecule has 0 aromatic heterocycles. The molecule has 2 aromatic rings. The van der Waals surface area contributed by atoms with Crippen molar-refractivity contribution in [3.8, 4) is 0 Å². The summed E-state index contributed by atoms with van der Waals surface area (Å²) < 4.78 is 0. The predicted molar refractivity (Wildman–Crippen MR) is 83.6 cm³/mol. The topological polar surface area (TPSA) is 76.8 Å². The average molecular weight is 266 g/mol. The van der Waals surface area contributed by atoms with Crippen molar-refractivity contribution in [1.29, 1.82) is 0 Å². The molecule has 0 bridgehead atoms. The lowest BCUT2D eigenvalue weighted by atomic mass is 10.0. The molecule has 2 rings (SSSR count). The molecule has 4 heteroatoms. The molecule has 0 heterocycles. The van der Waals surface area contributed by atoms with Gasteiger partial charge in [0.05, 0.1) is 5.71 Å². The van der Waals surface area contributed by atoms with Gasteiger partial charge in [0.15, 0.2) is 0 Å². The SMILES string of the molecule is NC(N)=N/N=C(\CCc1ccccc1)c1ccccc1. The Labute approximate surface area is 118 Å². The highest BCUT2D eigenvalue weighted by atomic mass is 15.3. The van der Waals surface area contributed by atoms with E-state index < -0.39 is 0 Å². The van der Waals surface area contributed by atoms with E-state index in [1.807, 2.05) is 48.5 Å². The monoisotopic (exact) mass is 266 g/mol.